The summed E-state index contributed by atoms with van der Waals surface area (Å²) in [4.78, 5) is 0. The van der Waals surface area contributed by atoms with E-state index in [4.69, 9.17) is 0 Å². The first-order chi connectivity index (χ1) is 17.0. The largest absolute Gasteiger partial charge is 0.0622 e. The molecule has 186 valence electrons. The van der Waals surface area contributed by atoms with Crippen LogP contribution >= 0.6 is 7.92 Å². The number of benzene rings is 3. The number of rotatable bonds is 5. The van der Waals surface area contributed by atoms with Gasteiger partial charge in [0.25, 0.3) is 0 Å². The molecule has 1 aliphatic carbocycles. The van der Waals surface area contributed by atoms with Crippen molar-refractivity contribution in [2.75, 3.05) is 0 Å². The van der Waals surface area contributed by atoms with Crippen LogP contribution in [-0.4, -0.2) is 5.66 Å². The molecule has 0 saturated heterocycles. The van der Waals surface area contributed by atoms with Gasteiger partial charge in [-0.3, -0.25) is 0 Å². The first kappa shape index (κ1) is 26.2. The van der Waals surface area contributed by atoms with E-state index < -0.39 is 0 Å². The molecule has 0 radical (unpaired) electrons. The van der Waals surface area contributed by atoms with Gasteiger partial charge in [0.15, 0.2) is 0 Å². The van der Waals surface area contributed by atoms with Crippen LogP contribution in [0.4, 0.5) is 0 Å². The average molecular weight is 485 g/mol. The summed E-state index contributed by atoms with van der Waals surface area (Å²) in [6.45, 7) is 9.10. The molecule has 3 aromatic carbocycles. The van der Waals surface area contributed by atoms with Crippen molar-refractivity contribution in [3.63, 3.8) is 0 Å². The molecule has 0 bridgehead atoms. The lowest BCUT2D eigenvalue weighted by molar-refractivity contribution is 0.412. The molecule has 0 nitrogen and oxygen atoms in total. The molecule has 2 unspecified atom stereocenters. The molecule has 0 aromatic heterocycles. The van der Waals surface area contributed by atoms with E-state index in [1.165, 1.54) is 92.0 Å². The van der Waals surface area contributed by atoms with E-state index in [-0.39, 0.29) is 7.92 Å². The predicted octanol–water partition coefficient (Wildman–Crippen LogP) is 9.10. The first-order valence-electron chi connectivity index (χ1n) is 14.0. The zero-order chi connectivity index (χ0) is 24.6. The average Bonchev–Trinajstić information content (AvgIpc) is 2.85. The Morgan fingerprint density at radius 3 is 1.63 bits per heavy atom. The van der Waals surface area contributed by atoms with Crippen LogP contribution in [0.25, 0.3) is 0 Å². The molecule has 1 fully saturated rings. The van der Waals surface area contributed by atoms with Gasteiger partial charge >= 0.3 is 0 Å². The quantitative estimate of drug-likeness (QED) is 0.317. The molecule has 35 heavy (non-hydrogen) atoms. The minimum atomic E-state index is -0.354. The van der Waals surface area contributed by atoms with E-state index in [1.807, 2.05) is 0 Å². The summed E-state index contributed by atoms with van der Waals surface area (Å²) in [6.07, 6.45) is 13.8. The van der Waals surface area contributed by atoms with Crippen molar-refractivity contribution in [2.45, 2.75) is 97.6 Å². The van der Waals surface area contributed by atoms with Crippen molar-refractivity contribution < 1.29 is 0 Å². The van der Waals surface area contributed by atoms with Crippen LogP contribution in [0.3, 0.4) is 0 Å². The fourth-order valence-corrected chi connectivity index (χ4v) is 9.65. The molecule has 0 N–H and O–H groups in total. The van der Waals surface area contributed by atoms with E-state index in [1.54, 1.807) is 10.6 Å². The molecule has 0 amide bonds. The standard InChI is InChI=1S/C34H45P/c1-26-19-27(2)22-33(21-26)35(34-23-28(3)20-29(4)24-34)32-17-11-6-5-8-13-31(16-12-18-32)25-30-14-9-7-10-15-30/h7,9-10,14-15,19-24,31-32H,5-6,8,11-13,16-18,25H2,1-4H3. The predicted molar refractivity (Wildman–Crippen MR) is 157 cm³/mol. The van der Waals surface area contributed by atoms with E-state index in [2.05, 4.69) is 94.4 Å². The third-order valence-electron chi connectivity index (χ3n) is 7.75. The van der Waals surface area contributed by atoms with Gasteiger partial charge in [-0.1, -0.05) is 134 Å². The highest BCUT2D eigenvalue weighted by atomic mass is 31.1. The highest BCUT2D eigenvalue weighted by molar-refractivity contribution is 7.73. The van der Waals surface area contributed by atoms with Gasteiger partial charge in [-0.2, -0.15) is 0 Å². The van der Waals surface area contributed by atoms with Gasteiger partial charge < -0.3 is 0 Å². The van der Waals surface area contributed by atoms with E-state index in [0.717, 1.165) is 11.6 Å². The normalized spacial score (nSPS) is 19.9. The molecule has 0 aliphatic heterocycles. The second-order valence-corrected chi connectivity index (χ2v) is 13.7. The summed E-state index contributed by atoms with van der Waals surface area (Å²) >= 11 is 0. The maximum Gasteiger partial charge on any atom is -0.0129 e. The summed E-state index contributed by atoms with van der Waals surface area (Å²) < 4.78 is 0. The Hall–Kier alpha value is -1.91. The third kappa shape index (κ3) is 7.79. The van der Waals surface area contributed by atoms with E-state index in [0.29, 0.717) is 0 Å². The maximum atomic E-state index is 2.50. The first-order valence-corrected chi connectivity index (χ1v) is 15.4. The van der Waals surface area contributed by atoms with Gasteiger partial charge in [0, 0.05) is 0 Å². The lowest BCUT2D eigenvalue weighted by Gasteiger charge is -2.30. The minimum Gasteiger partial charge on any atom is -0.0622 e. The van der Waals surface area contributed by atoms with Crippen LogP contribution in [0.1, 0.15) is 85.6 Å². The summed E-state index contributed by atoms with van der Waals surface area (Å²) in [5.41, 5.74) is 7.96. The van der Waals surface area contributed by atoms with Gasteiger partial charge in [0.05, 0.1) is 0 Å². The van der Waals surface area contributed by atoms with E-state index >= 15 is 0 Å². The summed E-state index contributed by atoms with van der Waals surface area (Å²) in [5.74, 6) is 0.838. The zero-order valence-corrected chi connectivity index (χ0v) is 23.4. The Kier molecular flexibility index (Phi) is 9.62. The lowest BCUT2D eigenvalue weighted by atomic mass is 9.89. The van der Waals surface area contributed by atoms with Gasteiger partial charge in [0.1, 0.15) is 0 Å². The zero-order valence-electron chi connectivity index (χ0n) is 22.5. The van der Waals surface area contributed by atoms with Crippen molar-refractivity contribution >= 4 is 18.5 Å². The van der Waals surface area contributed by atoms with Crippen LogP contribution in [0.15, 0.2) is 66.7 Å². The molecule has 0 spiro atoms. The number of hydrogen-bond acceptors (Lipinski definition) is 0. The smallest absolute Gasteiger partial charge is 0.0129 e. The summed E-state index contributed by atoms with van der Waals surface area (Å²) in [7, 11) is -0.354. The van der Waals surface area contributed by atoms with Gasteiger partial charge in [-0.25, -0.2) is 0 Å². The molecule has 0 heterocycles. The molecule has 3 aromatic rings. The Balaban J connectivity index is 1.60. The molecule has 1 heteroatoms. The highest BCUT2D eigenvalue weighted by Crippen LogP contribution is 2.45. The fraction of sp³-hybridized carbons (Fsp3) is 0.471. The molecule has 2 atom stereocenters. The summed E-state index contributed by atoms with van der Waals surface area (Å²) in [6, 6.07) is 25.9. The molecule has 1 aliphatic rings. The third-order valence-corrected chi connectivity index (χ3v) is 10.6. The Morgan fingerprint density at radius 1 is 0.571 bits per heavy atom. The Morgan fingerprint density at radius 2 is 1.06 bits per heavy atom. The van der Waals surface area contributed by atoms with Crippen molar-refractivity contribution in [3.05, 3.63) is 94.5 Å². The van der Waals surface area contributed by atoms with Crippen molar-refractivity contribution in [1.29, 1.82) is 0 Å². The Labute approximate surface area is 216 Å². The topological polar surface area (TPSA) is 0 Å². The van der Waals surface area contributed by atoms with Crippen LogP contribution in [0.2, 0.25) is 0 Å². The second kappa shape index (κ2) is 12.9. The maximum absolute atomic E-state index is 2.50. The van der Waals surface area contributed by atoms with E-state index in [9.17, 15) is 0 Å². The summed E-state index contributed by atoms with van der Waals surface area (Å²) in [5, 5.41) is 3.20. The fourth-order valence-electron chi connectivity index (χ4n) is 6.26. The molecular weight excluding hydrogens is 439 g/mol. The van der Waals surface area contributed by atoms with Gasteiger partial charge in [-0.15, -0.1) is 0 Å². The van der Waals surface area contributed by atoms with Crippen molar-refractivity contribution in [2.24, 2.45) is 5.92 Å². The second-order valence-electron chi connectivity index (χ2n) is 11.2. The lowest BCUT2D eigenvalue weighted by Crippen LogP contribution is -2.23. The molecular formula is C34H45P. The Bertz CT molecular complexity index is 975. The molecule has 1 saturated carbocycles. The highest BCUT2D eigenvalue weighted by Gasteiger charge is 2.26. The van der Waals surface area contributed by atoms with Crippen LogP contribution in [-0.2, 0) is 6.42 Å². The van der Waals surface area contributed by atoms with Crippen LogP contribution in [0, 0.1) is 33.6 Å². The van der Waals surface area contributed by atoms with Crippen LogP contribution < -0.4 is 10.6 Å². The SMILES string of the molecule is Cc1cc(C)cc(P(c2cc(C)cc(C)c2)C2CCCCCCC(Cc3ccccc3)CCC2)c1. The van der Waals surface area contributed by atoms with Crippen molar-refractivity contribution in [1.82, 2.24) is 0 Å². The van der Waals surface area contributed by atoms with Crippen molar-refractivity contribution in [3.8, 4) is 0 Å². The molecule has 4 rings (SSSR count). The number of hydrogen-bond donors (Lipinski definition) is 0. The van der Waals surface area contributed by atoms with Crippen LogP contribution in [0.5, 0.6) is 0 Å². The van der Waals surface area contributed by atoms with Gasteiger partial charge in [0.2, 0.25) is 0 Å². The monoisotopic (exact) mass is 484 g/mol. The van der Waals surface area contributed by atoms with Gasteiger partial charge in [-0.05, 0) is 82.6 Å². The minimum absolute atomic E-state index is 0.354. The number of aryl methyl sites for hydroxylation is 4.